The highest BCUT2D eigenvalue weighted by atomic mass is 35.5. The maximum Gasteiger partial charge on any atom is 0.350 e. The third-order valence-electron chi connectivity index (χ3n) is 5.17. The molecule has 1 amide bonds. The molecule has 0 atom stereocenters. The molecular formula is C22H16ClFN6O2. The van der Waals surface area contributed by atoms with Gasteiger partial charge in [-0.1, -0.05) is 17.7 Å². The summed E-state index contributed by atoms with van der Waals surface area (Å²) in [6, 6.07) is 12.9. The van der Waals surface area contributed by atoms with Crippen molar-refractivity contribution in [2.45, 2.75) is 13.5 Å². The van der Waals surface area contributed by atoms with Gasteiger partial charge in [0, 0.05) is 28.7 Å². The Balaban J connectivity index is 1.49. The summed E-state index contributed by atoms with van der Waals surface area (Å²) in [5.41, 5.74) is 3.12. The Morgan fingerprint density at radius 1 is 1.12 bits per heavy atom. The number of rotatable bonds is 4. The Kier molecular flexibility index (Phi) is 4.75. The summed E-state index contributed by atoms with van der Waals surface area (Å²) < 4.78 is 17.3. The van der Waals surface area contributed by atoms with Crippen molar-refractivity contribution in [2.75, 3.05) is 5.32 Å². The topological polar surface area (TPSA) is 85.7 Å². The number of nitrogens with zero attached hydrogens (tertiary/aromatic N) is 5. The summed E-state index contributed by atoms with van der Waals surface area (Å²) in [7, 11) is 0. The molecule has 0 saturated heterocycles. The first kappa shape index (κ1) is 20.0. The van der Waals surface area contributed by atoms with Crippen LogP contribution < -0.4 is 11.0 Å². The van der Waals surface area contributed by atoms with Crippen molar-refractivity contribution >= 4 is 34.4 Å². The molecule has 5 rings (SSSR count). The first-order valence-corrected chi connectivity index (χ1v) is 10.1. The van der Waals surface area contributed by atoms with Crippen LogP contribution in [0.25, 0.3) is 22.4 Å². The maximum atomic E-state index is 13.2. The Labute approximate surface area is 185 Å². The summed E-state index contributed by atoms with van der Waals surface area (Å²) in [6.07, 6.45) is 3.16. The number of amides is 1. The smallest absolute Gasteiger partial charge is 0.324 e. The lowest BCUT2D eigenvalue weighted by Crippen LogP contribution is -2.28. The lowest BCUT2D eigenvalue weighted by Gasteiger charge is -2.08. The molecule has 10 heteroatoms. The normalized spacial score (nSPS) is 11.3. The highest BCUT2D eigenvalue weighted by Crippen LogP contribution is 2.23. The number of carbonyl (C=O) groups is 1. The van der Waals surface area contributed by atoms with E-state index < -0.39 is 11.6 Å². The van der Waals surface area contributed by atoms with Crippen molar-refractivity contribution in [3.63, 3.8) is 0 Å². The zero-order valence-corrected chi connectivity index (χ0v) is 17.5. The molecule has 1 N–H and O–H groups in total. The predicted molar refractivity (Wildman–Crippen MR) is 118 cm³/mol. The molecule has 2 aromatic carbocycles. The van der Waals surface area contributed by atoms with E-state index in [1.807, 2.05) is 0 Å². The molecule has 3 heterocycles. The van der Waals surface area contributed by atoms with Crippen LogP contribution in [0.1, 0.15) is 5.56 Å². The quantitative estimate of drug-likeness (QED) is 0.453. The van der Waals surface area contributed by atoms with Crippen LogP contribution in [0.2, 0.25) is 5.02 Å². The van der Waals surface area contributed by atoms with Crippen LogP contribution in [0.5, 0.6) is 0 Å². The standard InChI is InChI=1S/C22H16ClFN6O2/c1-13-16(23)3-2-4-17(13)25-20(31)12-30-22(32)28-9-10-29-19(21(28)27-30)11-18(26-29)14-5-7-15(24)8-6-14/h2-11H,12H2,1H3,(H,25,31). The van der Waals surface area contributed by atoms with E-state index in [0.29, 0.717) is 27.6 Å². The van der Waals surface area contributed by atoms with Crippen LogP contribution in [0, 0.1) is 12.7 Å². The van der Waals surface area contributed by atoms with Gasteiger partial charge in [0.25, 0.3) is 0 Å². The Morgan fingerprint density at radius 3 is 2.69 bits per heavy atom. The van der Waals surface area contributed by atoms with Crippen molar-refractivity contribution < 1.29 is 9.18 Å². The number of hydrogen-bond donors (Lipinski definition) is 1. The predicted octanol–water partition coefficient (Wildman–Crippen LogP) is 3.55. The fourth-order valence-electron chi connectivity index (χ4n) is 3.47. The zero-order chi connectivity index (χ0) is 22.4. The SMILES string of the molecule is Cc1c(Cl)cccc1NC(=O)Cn1nc2c3cc(-c4ccc(F)cc4)nn3ccn2c1=O. The molecule has 32 heavy (non-hydrogen) atoms. The average Bonchev–Trinajstić information content (AvgIpc) is 3.34. The van der Waals surface area contributed by atoms with Gasteiger partial charge >= 0.3 is 5.69 Å². The molecular weight excluding hydrogens is 435 g/mol. The summed E-state index contributed by atoms with van der Waals surface area (Å²) in [5.74, 6) is -0.742. The molecule has 160 valence electrons. The molecule has 0 aliphatic rings. The second-order valence-corrected chi connectivity index (χ2v) is 7.67. The summed E-state index contributed by atoms with van der Waals surface area (Å²) in [6.45, 7) is 1.53. The van der Waals surface area contributed by atoms with Gasteiger partial charge in [-0.3, -0.25) is 4.79 Å². The molecule has 0 bridgehead atoms. The molecule has 0 aliphatic carbocycles. The van der Waals surface area contributed by atoms with Crippen molar-refractivity contribution in [2.24, 2.45) is 0 Å². The van der Waals surface area contributed by atoms with E-state index in [2.05, 4.69) is 15.5 Å². The largest absolute Gasteiger partial charge is 0.350 e. The minimum atomic E-state index is -0.454. The number of aromatic nitrogens is 5. The number of fused-ring (bicyclic) bond motifs is 3. The lowest BCUT2D eigenvalue weighted by molar-refractivity contribution is -0.117. The third kappa shape index (κ3) is 3.42. The number of benzene rings is 2. The maximum absolute atomic E-state index is 13.2. The van der Waals surface area contributed by atoms with E-state index in [1.165, 1.54) is 22.7 Å². The monoisotopic (exact) mass is 450 g/mol. The van der Waals surface area contributed by atoms with Gasteiger partial charge in [-0.25, -0.2) is 22.8 Å². The highest BCUT2D eigenvalue weighted by Gasteiger charge is 2.16. The second-order valence-electron chi connectivity index (χ2n) is 7.26. The molecule has 8 nitrogen and oxygen atoms in total. The minimum absolute atomic E-state index is 0.266. The minimum Gasteiger partial charge on any atom is -0.324 e. The Morgan fingerprint density at radius 2 is 1.91 bits per heavy atom. The van der Waals surface area contributed by atoms with Gasteiger partial charge in [0.1, 0.15) is 17.9 Å². The molecule has 0 radical (unpaired) electrons. The third-order valence-corrected chi connectivity index (χ3v) is 5.58. The zero-order valence-electron chi connectivity index (χ0n) is 16.8. The molecule has 0 fully saturated rings. The molecule has 0 aliphatic heterocycles. The number of carbonyl (C=O) groups excluding carboxylic acids is 1. The first-order valence-electron chi connectivity index (χ1n) is 9.69. The Hall–Kier alpha value is -3.98. The van der Waals surface area contributed by atoms with E-state index in [4.69, 9.17) is 11.6 Å². The average molecular weight is 451 g/mol. The summed E-state index contributed by atoms with van der Waals surface area (Å²) in [4.78, 5) is 25.3. The van der Waals surface area contributed by atoms with Crippen LogP contribution >= 0.6 is 11.6 Å². The molecule has 0 spiro atoms. The van der Waals surface area contributed by atoms with E-state index in [-0.39, 0.29) is 12.4 Å². The van der Waals surface area contributed by atoms with Crippen molar-refractivity contribution in [3.05, 3.63) is 87.8 Å². The second kappa shape index (κ2) is 7.61. The van der Waals surface area contributed by atoms with Crippen LogP contribution in [-0.4, -0.2) is 29.7 Å². The lowest BCUT2D eigenvalue weighted by atomic mass is 10.1. The molecule has 0 unspecified atom stereocenters. The van der Waals surface area contributed by atoms with Gasteiger partial charge in [0.05, 0.1) is 5.69 Å². The van der Waals surface area contributed by atoms with Gasteiger partial charge in [0.15, 0.2) is 5.65 Å². The number of hydrogen-bond acceptors (Lipinski definition) is 4. The van der Waals surface area contributed by atoms with Crippen LogP contribution in [0.4, 0.5) is 10.1 Å². The number of halogens is 2. The van der Waals surface area contributed by atoms with E-state index in [0.717, 1.165) is 15.8 Å². The van der Waals surface area contributed by atoms with Crippen molar-refractivity contribution in [3.8, 4) is 11.3 Å². The van der Waals surface area contributed by atoms with Gasteiger partial charge in [0.2, 0.25) is 5.91 Å². The molecule has 0 saturated carbocycles. The van der Waals surface area contributed by atoms with Crippen molar-refractivity contribution in [1.82, 2.24) is 23.8 Å². The van der Waals surface area contributed by atoms with Crippen molar-refractivity contribution in [1.29, 1.82) is 0 Å². The van der Waals surface area contributed by atoms with Crippen LogP contribution in [0.3, 0.4) is 0 Å². The van der Waals surface area contributed by atoms with Crippen LogP contribution in [0.15, 0.2) is 65.7 Å². The van der Waals surface area contributed by atoms with Gasteiger partial charge in [-0.05, 0) is 55.0 Å². The highest BCUT2D eigenvalue weighted by molar-refractivity contribution is 6.31. The van der Waals surface area contributed by atoms with Gasteiger partial charge in [-0.15, -0.1) is 5.10 Å². The van der Waals surface area contributed by atoms with Gasteiger partial charge < -0.3 is 5.32 Å². The van der Waals surface area contributed by atoms with E-state index >= 15 is 0 Å². The number of anilines is 1. The summed E-state index contributed by atoms with van der Waals surface area (Å²) in [5, 5.41) is 12.1. The Bertz CT molecular complexity index is 1550. The fraction of sp³-hybridized carbons (Fsp3) is 0.0909. The first-order chi connectivity index (χ1) is 15.4. The molecule has 3 aromatic heterocycles. The van der Waals surface area contributed by atoms with E-state index in [1.54, 1.807) is 54.0 Å². The number of nitrogens with one attached hydrogen (secondary N) is 1. The fourth-order valence-corrected chi connectivity index (χ4v) is 3.64. The van der Waals surface area contributed by atoms with Crippen LogP contribution in [-0.2, 0) is 11.3 Å². The molecule has 5 aromatic rings. The van der Waals surface area contributed by atoms with E-state index in [9.17, 15) is 14.0 Å². The summed E-state index contributed by atoms with van der Waals surface area (Å²) >= 11 is 6.10. The van der Waals surface area contributed by atoms with Gasteiger partial charge in [-0.2, -0.15) is 5.10 Å².